The van der Waals surface area contributed by atoms with E-state index in [4.69, 9.17) is 23.2 Å². The lowest BCUT2D eigenvalue weighted by atomic mass is 9.93. The Kier molecular flexibility index (Phi) is 16.2. The Morgan fingerprint density at radius 2 is 1.49 bits per heavy atom. The van der Waals surface area contributed by atoms with Crippen molar-refractivity contribution >= 4 is 53.0 Å². The second-order valence-electron chi connectivity index (χ2n) is 16.8. The number of fused-ring (bicyclic) bond motifs is 5. The van der Waals surface area contributed by atoms with E-state index in [9.17, 15) is 43.8 Å². The van der Waals surface area contributed by atoms with Crippen LogP contribution in [0.25, 0.3) is 22.3 Å². The van der Waals surface area contributed by atoms with E-state index in [0.29, 0.717) is 42.8 Å². The van der Waals surface area contributed by atoms with Crippen molar-refractivity contribution in [3.8, 4) is 33.8 Å². The summed E-state index contributed by atoms with van der Waals surface area (Å²) in [6.07, 6.45) is 1.94. The lowest BCUT2D eigenvalue weighted by molar-refractivity contribution is -0.142. The zero-order chi connectivity index (χ0) is 48.5. The Balaban J connectivity index is 1.29. The van der Waals surface area contributed by atoms with Gasteiger partial charge in [-0.05, 0) is 123 Å². The predicted molar refractivity (Wildman–Crippen MR) is 250 cm³/mol. The Hall–Kier alpha value is -7.02. The van der Waals surface area contributed by atoms with Crippen molar-refractivity contribution in [1.82, 2.24) is 36.5 Å². The monoisotopic (exact) mass is 937 g/mol. The molecule has 67 heavy (non-hydrogen) atoms. The van der Waals surface area contributed by atoms with Crippen LogP contribution >= 0.6 is 11.6 Å². The summed E-state index contributed by atoms with van der Waals surface area (Å²) in [4.78, 5) is 99.1. The van der Waals surface area contributed by atoms with E-state index in [1.54, 1.807) is 36.4 Å². The number of unbranched alkanes of at least 4 members (excludes halogenated alkanes) is 1. The van der Waals surface area contributed by atoms with Crippen LogP contribution in [0, 0.1) is 0 Å². The summed E-state index contributed by atoms with van der Waals surface area (Å²) in [5, 5.41) is 33.8. The van der Waals surface area contributed by atoms with Crippen molar-refractivity contribution in [1.29, 1.82) is 0 Å². The average molecular weight is 938 g/mol. The minimum absolute atomic E-state index is 0.0846. The summed E-state index contributed by atoms with van der Waals surface area (Å²) >= 11 is 6.05. The second kappa shape index (κ2) is 22.0. The van der Waals surface area contributed by atoms with Gasteiger partial charge in [0.05, 0.1) is 0 Å². The maximum Gasteiger partial charge on any atom is 0.256 e. The standard InChI is InChI=1S/C48H56ClN9O9/c1-26-42(61)55-37(44(63)53-27(2)47(66)58-22-6-8-38(58)45(64)56-51)24-28-9-19-39(59)34(23-28)35-25-32(16-20-40(35)60)41(46(65)52-26)57(3)48(67)36(7-4-5-21-50)54-43(62)31-12-10-29(11-13-31)30-14-17-33(49)18-15-30/h9-20,23,25-27,36-38,41,59-60H,4-8,21-22,24,50-51H2,1-3H3,(H,52,65)(H,53,63)(H,54,62)(H,55,61)(H,56,64)/t26-,27-,36-,37-,38-,41-/m0/s1. The maximum atomic E-state index is 14.6. The minimum Gasteiger partial charge on any atom is -0.507 e. The fourth-order valence-electron chi connectivity index (χ4n) is 8.36. The number of hydrogen-bond donors (Lipinski definition) is 9. The van der Waals surface area contributed by atoms with E-state index >= 15 is 0 Å². The molecule has 0 aromatic heterocycles. The van der Waals surface area contributed by atoms with Gasteiger partial charge in [0.15, 0.2) is 0 Å². The topological polar surface area (TPSA) is 279 Å². The number of phenolic OH excluding ortho intramolecular Hbond substituents is 2. The smallest absolute Gasteiger partial charge is 0.256 e. The molecular weight excluding hydrogens is 882 g/mol. The van der Waals surface area contributed by atoms with Crippen LogP contribution in [-0.4, -0.2) is 112 Å². The minimum atomic E-state index is -1.47. The van der Waals surface area contributed by atoms with Gasteiger partial charge in [-0.1, -0.05) is 48.0 Å². The number of nitrogens with two attached hydrogens (primary N) is 2. The molecule has 7 amide bonds. The largest absolute Gasteiger partial charge is 0.507 e. The number of benzene rings is 4. The van der Waals surface area contributed by atoms with E-state index in [-0.39, 0.29) is 53.1 Å². The highest BCUT2D eigenvalue weighted by molar-refractivity contribution is 6.30. The van der Waals surface area contributed by atoms with Gasteiger partial charge in [-0.2, -0.15) is 0 Å². The summed E-state index contributed by atoms with van der Waals surface area (Å²) in [6.45, 7) is 3.44. The Labute approximate surface area is 392 Å². The average Bonchev–Trinajstić information content (AvgIpc) is 3.81. The van der Waals surface area contributed by atoms with Crippen LogP contribution < -0.4 is 38.3 Å². The molecule has 4 aromatic carbocycles. The fraction of sp³-hybridized carbons (Fsp3) is 0.354. The SMILES string of the molecule is C[C@@H]1NC(=O)[C@@H](N(C)C(=O)[C@H](CCCCN)NC(=O)c2ccc(-c3ccc(Cl)cc3)cc2)c2ccc(O)c(c2)-c2cc(ccc2O)C[C@@H](C(=O)N[C@@H](C)C(=O)N2CCC[C@H]2C(=O)NN)NC1=O. The molecule has 19 heteroatoms. The number of nitrogens with zero attached hydrogens (tertiary/aromatic N) is 2. The molecular formula is C48H56ClN9O9. The summed E-state index contributed by atoms with van der Waals surface area (Å²) in [7, 11) is 1.38. The Morgan fingerprint density at radius 3 is 2.15 bits per heavy atom. The second-order valence-corrected chi connectivity index (χ2v) is 17.2. The van der Waals surface area contributed by atoms with Gasteiger partial charge in [0.1, 0.15) is 47.8 Å². The van der Waals surface area contributed by atoms with E-state index < -0.39 is 77.6 Å². The molecule has 4 bridgehead atoms. The first-order valence-electron chi connectivity index (χ1n) is 22.0. The van der Waals surface area contributed by atoms with Crippen molar-refractivity contribution in [2.24, 2.45) is 11.6 Å². The zero-order valence-corrected chi connectivity index (χ0v) is 38.1. The summed E-state index contributed by atoms with van der Waals surface area (Å²) in [6, 6.07) is 15.4. The highest BCUT2D eigenvalue weighted by Gasteiger charge is 2.38. The van der Waals surface area contributed by atoms with E-state index in [0.717, 1.165) is 16.0 Å². The van der Waals surface area contributed by atoms with Gasteiger partial charge in [-0.15, -0.1) is 0 Å². The molecule has 0 spiro atoms. The molecule has 354 valence electrons. The number of carbonyl (C=O) groups is 7. The number of aromatic hydroxyl groups is 2. The lowest BCUT2D eigenvalue weighted by Gasteiger charge is -2.32. The summed E-state index contributed by atoms with van der Waals surface area (Å²) < 4.78 is 0. The molecule has 0 aliphatic carbocycles. The Morgan fingerprint density at radius 1 is 0.851 bits per heavy atom. The molecule has 18 nitrogen and oxygen atoms in total. The van der Waals surface area contributed by atoms with Crippen LogP contribution in [0.3, 0.4) is 0 Å². The first-order chi connectivity index (χ1) is 32.0. The first kappa shape index (κ1) is 49.4. The molecule has 1 saturated heterocycles. The van der Waals surface area contributed by atoms with Crippen molar-refractivity contribution in [2.75, 3.05) is 20.1 Å². The quantitative estimate of drug-likeness (QED) is 0.0407. The maximum absolute atomic E-state index is 14.6. The number of likely N-dealkylation sites (N-methyl/N-ethyl adjacent to an activating group) is 1. The first-order valence-corrected chi connectivity index (χ1v) is 22.4. The molecule has 0 unspecified atom stereocenters. The van der Waals surface area contributed by atoms with Crippen LogP contribution in [0.15, 0.2) is 84.9 Å². The fourth-order valence-corrected chi connectivity index (χ4v) is 8.49. The summed E-state index contributed by atoms with van der Waals surface area (Å²) in [5.74, 6) is 0.153. The molecule has 2 aliphatic rings. The van der Waals surface area contributed by atoms with Gasteiger partial charge in [0, 0.05) is 41.7 Å². The van der Waals surface area contributed by atoms with Gasteiger partial charge >= 0.3 is 0 Å². The third kappa shape index (κ3) is 11.7. The zero-order valence-electron chi connectivity index (χ0n) is 37.4. The highest BCUT2D eigenvalue weighted by atomic mass is 35.5. The number of rotatable bonds is 13. The highest BCUT2D eigenvalue weighted by Crippen LogP contribution is 2.39. The van der Waals surface area contributed by atoms with E-state index in [2.05, 4.69) is 26.7 Å². The molecule has 11 N–H and O–H groups in total. The van der Waals surface area contributed by atoms with Gasteiger partial charge in [-0.25, -0.2) is 5.84 Å². The number of likely N-dealkylation sites (tertiary alicyclic amines) is 1. The number of hydrazine groups is 1. The van der Waals surface area contributed by atoms with Crippen LogP contribution in [0.4, 0.5) is 0 Å². The molecule has 2 aliphatic heterocycles. The number of halogens is 1. The third-order valence-electron chi connectivity index (χ3n) is 12.1. The van der Waals surface area contributed by atoms with Crippen LogP contribution in [0.2, 0.25) is 5.02 Å². The van der Waals surface area contributed by atoms with Crippen molar-refractivity contribution in [3.63, 3.8) is 0 Å². The number of hydrogen-bond acceptors (Lipinski definition) is 11. The van der Waals surface area contributed by atoms with Gasteiger partial charge < -0.3 is 47.0 Å². The molecule has 4 aromatic rings. The molecule has 0 saturated carbocycles. The number of phenols is 2. The van der Waals surface area contributed by atoms with Crippen molar-refractivity contribution in [3.05, 3.63) is 107 Å². The predicted octanol–water partition coefficient (Wildman–Crippen LogP) is 2.54. The van der Waals surface area contributed by atoms with Gasteiger partial charge in [-0.3, -0.25) is 39.0 Å². The molecule has 6 rings (SSSR count). The van der Waals surface area contributed by atoms with Crippen LogP contribution in [-0.2, 0) is 35.2 Å². The molecule has 2 heterocycles. The third-order valence-corrected chi connectivity index (χ3v) is 12.3. The van der Waals surface area contributed by atoms with E-state index in [1.807, 2.05) is 12.1 Å². The summed E-state index contributed by atoms with van der Waals surface area (Å²) in [5.41, 5.74) is 10.7. The lowest BCUT2D eigenvalue weighted by Crippen LogP contribution is -2.58. The number of amides is 7. The molecule has 6 atom stereocenters. The molecule has 0 radical (unpaired) electrons. The Bertz CT molecular complexity index is 2510. The van der Waals surface area contributed by atoms with Crippen molar-refractivity contribution < 1.29 is 43.8 Å². The van der Waals surface area contributed by atoms with Crippen LogP contribution in [0.1, 0.15) is 73.5 Å². The normalized spacial score (nSPS) is 19.2. The van der Waals surface area contributed by atoms with Gasteiger partial charge in [0.25, 0.3) is 11.8 Å². The molecule has 1 fully saturated rings. The number of nitrogens with one attached hydrogen (secondary N) is 5. The van der Waals surface area contributed by atoms with Crippen LogP contribution in [0.5, 0.6) is 11.5 Å². The van der Waals surface area contributed by atoms with E-state index in [1.165, 1.54) is 62.2 Å². The van der Waals surface area contributed by atoms with Crippen molar-refractivity contribution in [2.45, 2.75) is 88.6 Å². The number of carbonyl (C=O) groups excluding carboxylic acids is 7. The van der Waals surface area contributed by atoms with Gasteiger partial charge in [0.2, 0.25) is 29.5 Å².